The number of thioether (sulfide) groups is 2. The first kappa shape index (κ1) is 17.2. The van der Waals surface area contributed by atoms with Crippen molar-refractivity contribution in [1.82, 2.24) is 5.32 Å². The minimum absolute atomic E-state index is 0.587. The smallest absolute Gasteiger partial charge is 0.0298 e. The van der Waals surface area contributed by atoms with E-state index < -0.39 is 0 Å². The Morgan fingerprint density at radius 1 is 1.14 bits per heavy atom. The van der Waals surface area contributed by atoms with Crippen molar-refractivity contribution in [3.63, 3.8) is 0 Å². The van der Waals surface area contributed by atoms with Gasteiger partial charge in [0, 0.05) is 27.5 Å². The zero-order valence-electron chi connectivity index (χ0n) is 14.0. The van der Waals surface area contributed by atoms with Crippen LogP contribution in [0, 0.1) is 13.8 Å². The number of hydrogen-bond acceptors (Lipinski definition) is 3. The van der Waals surface area contributed by atoms with Gasteiger partial charge in [0.1, 0.15) is 0 Å². The molecule has 1 N–H and O–H groups in total. The summed E-state index contributed by atoms with van der Waals surface area (Å²) in [6.45, 7) is 12.4. The van der Waals surface area contributed by atoms with E-state index in [1.54, 1.807) is 0 Å². The fourth-order valence-electron chi connectivity index (χ4n) is 3.06. The standard InChI is InChI=1S/C18H29NS2/c1-6-19-17(18-11-20-14(4)15(5)21-18)10-16-8-12(2)7-13(3)9-16/h7-9,14-15,17-19H,6,10-11H2,1-5H3. The number of aryl methyl sites for hydroxylation is 2. The summed E-state index contributed by atoms with van der Waals surface area (Å²) >= 11 is 4.33. The molecule has 118 valence electrons. The molecule has 1 aromatic carbocycles. The number of benzene rings is 1. The summed E-state index contributed by atoms with van der Waals surface area (Å²) in [6.07, 6.45) is 1.15. The Kier molecular flexibility index (Phi) is 6.51. The van der Waals surface area contributed by atoms with E-state index >= 15 is 0 Å². The van der Waals surface area contributed by atoms with E-state index in [-0.39, 0.29) is 0 Å². The molecule has 1 saturated heterocycles. The number of nitrogens with one attached hydrogen (secondary N) is 1. The molecule has 4 unspecified atom stereocenters. The van der Waals surface area contributed by atoms with Gasteiger partial charge in [0.05, 0.1) is 0 Å². The molecule has 4 atom stereocenters. The highest BCUT2D eigenvalue weighted by Gasteiger charge is 2.30. The van der Waals surface area contributed by atoms with Gasteiger partial charge in [-0.2, -0.15) is 23.5 Å². The molecule has 1 nitrogen and oxygen atoms in total. The fourth-order valence-corrected chi connectivity index (χ4v) is 6.19. The second-order valence-electron chi connectivity index (χ2n) is 6.28. The molecule has 0 aliphatic carbocycles. The van der Waals surface area contributed by atoms with Crippen molar-refractivity contribution >= 4 is 23.5 Å². The third-order valence-electron chi connectivity index (χ3n) is 4.23. The topological polar surface area (TPSA) is 12.0 Å². The van der Waals surface area contributed by atoms with Gasteiger partial charge in [0.2, 0.25) is 0 Å². The highest BCUT2D eigenvalue weighted by molar-refractivity contribution is 8.07. The van der Waals surface area contributed by atoms with Gasteiger partial charge in [-0.3, -0.25) is 0 Å². The molecule has 1 aliphatic rings. The molecule has 0 spiro atoms. The van der Waals surface area contributed by atoms with Gasteiger partial charge in [-0.1, -0.05) is 50.1 Å². The normalized spacial score (nSPS) is 27.6. The van der Waals surface area contributed by atoms with E-state index in [0.29, 0.717) is 6.04 Å². The van der Waals surface area contributed by atoms with Crippen LogP contribution in [0.15, 0.2) is 18.2 Å². The summed E-state index contributed by atoms with van der Waals surface area (Å²) in [5.74, 6) is 1.28. The molecule has 0 radical (unpaired) electrons. The lowest BCUT2D eigenvalue weighted by Gasteiger charge is -2.36. The average Bonchev–Trinajstić information content (AvgIpc) is 2.40. The van der Waals surface area contributed by atoms with Crippen molar-refractivity contribution in [3.8, 4) is 0 Å². The predicted octanol–water partition coefficient (Wildman–Crippen LogP) is 4.45. The molecule has 1 heterocycles. The van der Waals surface area contributed by atoms with Crippen LogP contribution in [-0.4, -0.2) is 34.1 Å². The predicted molar refractivity (Wildman–Crippen MR) is 99.8 cm³/mol. The highest BCUT2D eigenvalue weighted by atomic mass is 32.2. The lowest BCUT2D eigenvalue weighted by atomic mass is 9.99. The lowest BCUT2D eigenvalue weighted by Crippen LogP contribution is -2.44. The van der Waals surface area contributed by atoms with Gasteiger partial charge in [-0.15, -0.1) is 0 Å². The first-order chi connectivity index (χ1) is 9.99. The van der Waals surface area contributed by atoms with Crippen molar-refractivity contribution in [3.05, 3.63) is 34.9 Å². The molecule has 1 aromatic rings. The summed E-state index contributed by atoms with van der Waals surface area (Å²) in [6, 6.07) is 7.55. The fraction of sp³-hybridized carbons (Fsp3) is 0.667. The molecule has 0 saturated carbocycles. The SMILES string of the molecule is CCNC(Cc1cc(C)cc(C)c1)C1CSC(C)C(C)S1. The Bertz CT molecular complexity index is 440. The minimum Gasteiger partial charge on any atom is -0.313 e. The quantitative estimate of drug-likeness (QED) is 0.860. The molecule has 0 aromatic heterocycles. The van der Waals surface area contributed by atoms with E-state index in [4.69, 9.17) is 0 Å². The maximum Gasteiger partial charge on any atom is 0.0298 e. The van der Waals surface area contributed by atoms with E-state index in [1.807, 2.05) is 0 Å². The van der Waals surface area contributed by atoms with Gasteiger partial charge in [-0.05, 0) is 32.4 Å². The van der Waals surface area contributed by atoms with Gasteiger partial charge < -0.3 is 5.32 Å². The Hall–Kier alpha value is -0.120. The summed E-state index contributed by atoms with van der Waals surface area (Å²) < 4.78 is 0. The Labute approximate surface area is 139 Å². The van der Waals surface area contributed by atoms with Crippen LogP contribution in [0.2, 0.25) is 0 Å². The van der Waals surface area contributed by atoms with Gasteiger partial charge in [0.15, 0.2) is 0 Å². The van der Waals surface area contributed by atoms with Crippen molar-refractivity contribution in [2.75, 3.05) is 12.3 Å². The second kappa shape index (κ2) is 7.94. The highest BCUT2D eigenvalue weighted by Crippen LogP contribution is 2.37. The lowest BCUT2D eigenvalue weighted by molar-refractivity contribution is 0.520. The molecule has 0 bridgehead atoms. The summed E-state index contributed by atoms with van der Waals surface area (Å²) in [5.41, 5.74) is 4.25. The van der Waals surface area contributed by atoms with Gasteiger partial charge in [0.25, 0.3) is 0 Å². The zero-order chi connectivity index (χ0) is 15.4. The Morgan fingerprint density at radius 2 is 1.81 bits per heavy atom. The van der Waals surface area contributed by atoms with E-state index in [1.165, 1.54) is 22.4 Å². The van der Waals surface area contributed by atoms with Gasteiger partial charge >= 0.3 is 0 Å². The third-order valence-corrected chi connectivity index (χ3v) is 7.78. The Balaban J connectivity index is 2.08. The van der Waals surface area contributed by atoms with Crippen LogP contribution < -0.4 is 5.32 Å². The van der Waals surface area contributed by atoms with Crippen LogP contribution in [-0.2, 0) is 6.42 Å². The van der Waals surface area contributed by atoms with Crippen LogP contribution in [0.1, 0.15) is 37.5 Å². The number of hydrogen-bond donors (Lipinski definition) is 1. The Morgan fingerprint density at radius 3 is 2.38 bits per heavy atom. The van der Waals surface area contributed by atoms with Crippen LogP contribution >= 0.6 is 23.5 Å². The summed E-state index contributed by atoms with van der Waals surface area (Å²) in [7, 11) is 0. The summed E-state index contributed by atoms with van der Waals surface area (Å²) in [4.78, 5) is 0. The van der Waals surface area contributed by atoms with Crippen LogP contribution in [0.5, 0.6) is 0 Å². The third kappa shape index (κ3) is 4.94. The average molecular weight is 324 g/mol. The van der Waals surface area contributed by atoms with E-state index in [2.05, 4.69) is 81.7 Å². The minimum atomic E-state index is 0.587. The van der Waals surface area contributed by atoms with Crippen LogP contribution in [0.25, 0.3) is 0 Å². The maximum atomic E-state index is 3.74. The molecule has 1 fully saturated rings. The van der Waals surface area contributed by atoms with Crippen LogP contribution in [0.3, 0.4) is 0 Å². The first-order valence-electron chi connectivity index (χ1n) is 8.07. The van der Waals surface area contributed by atoms with Crippen molar-refractivity contribution in [1.29, 1.82) is 0 Å². The zero-order valence-corrected chi connectivity index (χ0v) is 15.6. The maximum absolute atomic E-state index is 3.74. The monoisotopic (exact) mass is 323 g/mol. The molecular weight excluding hydrogens is 294 g/mol. The molecule has 1 aliphatic heterocycles. The van der Waals surface area contributed by atoms with Gasteiger partial charge in [-0.25, -0.2) is 0 Å². The summed E-state index contributed by atoms with van der Waals surface area (Å²) in [5, 5.41) is 6.01. The first-order valence-corrected chi connectivity index (χ1v) is 10.1. The van der Waals surface area contributed by atoms with E-state index in [0.717, 1.165) is 28.7 Å². The molecular formula is C18H29NS2. The number of likely N-dealkylation sites (N-methyl/N-ethyl adjacent to an activating group) is 1. The van der Waals surface area contributed by atoms with Crippen molar-refractivity contribution < 1.29 is 0 Å². The molecule has 21 heavy (non-hydrogen) atoms. The van der Waals surface area contributed by atoms with Crippen LogP contribution in [0.4, 0.5) is 0 Å². The number of rotatable bonds is 5. The van der Waals surface area contributed by atoms with E-state index in [9.17, 15) is 0 Å². The largest absolute Gasteiger partial charge is 0.313 e. The molecule has 2 rings (SSSR count). The molecule has 3 heteroatoms. The van der Waals surface area contributed by atoms with Crippen molar-refractivity contribution in [2.45, 2.75) is 62.8 Å². The second-order valence-corrected chi connectivity index (χ2v) is 9.31. The molecule has 0 amide bonds. The van der Waals surface area contributed by atoms with Crippen molar-refractivity contribution in [2.24, 2.45) is 0 Å².